The van der Waals surface area contributed by atoms with Crippen LogP contribution in [0.3, 0.4) is 0 Å². The third-order valence-electron chi connectivity index (χ3n) is 4.47. The molecule has 0 bridgehead atoms. The number of hydrogen-bond donors (Lipinski definition) is 2. The number of carboxylic acid groups (broad SMARTS) is 1. The maximum Gasteiger partial charge on any atom is 0.341 e. The number of aromatic nitrogens is 1. The first-order valence-corrected chi connectivity index (χ1v) is 11.2. The Labute approximate surface area is 198 Å². The van der Waals surface area contributed by atoms with Crippen LogP contribution in [0.25, 0.3) is 10.9 Å². The van der Waals surface area contributed by atoms with Crippen molar-refractivity contribution < 1.29 is 24.1 Å². The lowest BCUT2D eigenvalue weighted by Gasteiger charge is -2.15. The summed E-state index contributed by atoms with van der Waals surface area (Å²) in [6.07, 6.45) is 2.54. The molecule has 0 atom stereocenters. The van der Waals surface area contributed by atoms with Crippen molar-refractivity contribution in [1.29, 1.82) is 0 Å². The number of nitrogens with zero attached hydrogens (tertiary/aromatic N) is 1. The molecule has 0 spiro atoms. The van der Waals surface area contributed by atoms with Gasteiger partial charge in [0.05, 0.1) is 24.3 Å². The molecule has 0 aliphatic heterocycles. The Balaban J connectivity index is 0.00000101. The number of halogens is 2. The second kappa shape index (κ2) is 13.6. The summed E-state index contributed by atoms with van der Waals surface area (Å²) < 4.78 is 21.2. The van der Waals surface area contributed by atoms with Gasteiger partial charge in [0.25, 0.3) is 0 Å². The Morgan fingerprint density at radius 1 is 1.18 bits per heavy atom. The van der Waals surface area contributed by atoms with Crippen LogP contribution in [-0.2, 0) is 13.0 Å². The summed E-state index contributed by atoms with van der Waals surface area (Å²) in [6, 6.07) is 7.70. The molecule has 6 nitrogen and oxygen atoms in total. The van der Waals surface area contributed by atoms with Gasteiger partial charge in [0.2, 0.25) is 5.43 Å². The smallest absolute Gasteiger partial charge is 0.341 e. The summed E-state index contributed by atoms with van der Waals surface area (Å²) in [7, 11) is 1.44. The number of benzene rings is 2. The number of aromatic carboxylic acids is 1. The van der Waals surface area contributed by atoms with Crippen LogP contribution in [0.2, 0.25) is 5.02 Å². The van der Waals surface area contributed by atoms with Crippen LogP contribution in [0.15, 0.2) is 41.3 Å². The van der Waals surface area contributed by atoms with E-state index in [1.165, 1.54) is 36.4 Å². The van der Waals surface area contributed by atoms with E-state index in [0.29, 0.717) is 22.4 Å². The van der Waals surface area contributed by atoms with Crippen LogP contribution < -0.4 is 10.2 Å². The molecule has 0 radical (unpaired) electrons. The first kappa shape index (κ1) is 28.1. The average Bonchev–Trinajstić information content (AvgIpc) is 2.80. The molecule has 0 fully saturated rings. The zero-order valence-electron chi connectivity index (χ0n) is 19.6. The molecule has 0 saturated carbocycles. The Hall–Kier alpha value is -2.90. The summed E-state index contributed by atoms with van der Waals surface area (Å²) in [5.74, 6) is -1.53. The fourth-order valence-corrected chi connectivity index (χ4v) is 3.32. The van der Waals surface area contributed by atoms with Gasteiger partial charge >= 0.3 is 5.97 Å². The standard InChI is InChI=1S/C20H17ClFNO5.C3H8.C2H6/c1-28-17-9-16-13(19(25)14(20(26)27)10-23(16)5-6-24)8-12(17)7-11-3-2-4-15(21)18(11)22;1-3-2;1-2/h2-4,8-10,24H,5-7H2,1H3,(H,26,27);3H2,1-2H3;1-2H3. The summed E-state index contributed by atoms with van der Waals surface area (Å²) >= 11 is 5.84. The van der Waals surface area contributed by atoms with Gasteiger partial charge in [-0.15, -0.1) is 0 Å². The molecule has 2 N–H and O–H groups in total. The molecule has 3 rings (SSSR count). The van der Waals surface area contributed by atoms with E-state index in [2.05, 4.69) is 13.8 Å². The van der Waals surface area contributed by atoms with Crippen LogP contribution in [0.1, 0.15) is 55.6 Å². The molecule has 1 heterocycles. The number of rotatable bonds is 6. The molecule has 0 aliphatic carbocycles. The minimum Gasteiger partial charge on any atom is -0.496 e. The predicted molar refractivity (Wildman–Crippen MR) is 130 cm³/mol. The van der Waals surface area contributed by atoms with Gasteiger partial charge in [-0.3, -0.25) is 4.79 Å². The van der Waals surface area contributed by atoms with Crippen LogP contribution >= 0.6 is 11.6 Å². The van der Waals surface area contributed by atoms with Crippen molar-refractivity contribution in [2.45, 2.75) is 47.1 Å². The van der Waals surface area contributed by atoms with Crippen molar-refractivity contribution in [3.05, 3.63) is 74.3 Å². The van der Waals surface area contributed by atoms with Gasteiger partial charge in [0.15, 0.2) is 0 Å². The van der Waals surface area contributed by atoms with Crippen LogP contribution in [0.4, 0.5) is 4.39 Å². The highest BCUT2D eigenvalue weighted by Gasteiger charge is 2.18. The van der Waals surface area contributed by atoms with Crippen LogP contribution in [0, 0.1) is 5.82 Å². The summed E-state index contributed by atoms with van der Waals surface area (Å²) in [6.45, 7) is 8.11. The second-order valence-corrected chi connectivity index (χ2v) is 7.28. The number of carboxylic acids is 1. The minimum absolute atomic E-state index is 0.0179. The fourth-order valence-electron chi connectivity index (χ4n) is 3.13. The molecule has 8 heteroatoms. The van der Waals surface area contributed by atoms with Crippen molar-refractivity contribution in [3.8, 4) is 5.75 Å². The SMILES string of the molecule is CC.CCC.COc1cc2c(cc1Cc1cccc(Cl)c1F)c(=O)c(C(=O)O)cn2CCO. The lowest BCUT2D eigenvalue weighted by molar-refractivity contribution is 0.0694. The summed E-state index contributed by atoms with van der Waals surface area (Å²) in [4.78, 5) is 24.1. The van der Waals surface area contributed by atoms with Crippen LogP contribution in [-0.4, -0.2) is 34.5 Å². The zero-order valence-corrected chi connectivity index (χ0v) is 20.4. The van der Waals surface area contributed by atoms with Gasteiger partial charge in [-0.2, -0.15) is 0 Å². The van der Waals surface area contributed by atoms with Crippen molar-refractivity contribution in [2.75, 3.05) is 13.7 Å². The van der Waals surface area contributed by atoms with E-state index in [4.69, 9.17) is 16.3 Å². The molecular formula is C25H31ClFNO5. The van der Waals surface area contributed by atoms with Crippen molar-refractivity contribution >= 4 is 28.5 Å². The van der Waals surface area contributed by atoms with E-state index in [0.717, 1.165) is 0 Å². The van der Waals surface area contributed by atoms with Gasteiger partial charge in [-0.1, -0.05) is 57.8 Å². The molecule has 1 aromatic heterocycles. The average molecular weight is 480 g/mol. The highest BCUT2D eigenvalue weighted by atomic mass is 35.5. The Morgan fingerprint density at radius 2 is 1.82 bits per heavy atom. The predicted octanol–water partition coefficient (Wildman–Crippen LogP) is 5.53. The topological polar surface area (TPSA) is 88.8 Å². The Bertz CT molecular complexity index is 1140. The number of hydrogen-bond acceptors (Lipinski definition) is 4. The molecule has 3 aromatic rings. The third-order valence-corrected chi connectivity index (χ3v) is 4.76. The van der Waals surface area contributed by atoms with E-state index >= 15 is 0 Å². The molecule has 2 aromatic carbocycles. The third kappa shape index (κ3) is 6.79. The molecule has 0 unspecified atom stereocenters. The zero-order chi connectivity index (χ0) is 25.1. The summed E-state index contributed by atoms with van der Waals surface area (Å²) in [5.41, 5.74) is 0.163. The first-order chi connectivity index (χ1) is 15.8. The van der Waals surface area contributed by atoms with Gasteiger partial charge in [-0.05, 0) is 23.3 Å². The number of aliphatic hydroxyl groups is 1. The number of ether oxygens (including phenoxy) is 1. The second-order valence-electron chi connectivity index (χ2n) is 6.87. The van der Waals surface area contributed by atoms with Crippen molar-refractivity contribution in [2.24, 2.45) is 0 Å². The fraction of sp³-hybridized carbons (Fsp3) is 0.360. The molecule has 0 saturated heterocycles. The lowest BCUT2D eigenvalue weighted by Crippen LogP contribution is -2.20. The number of aliphatic hydroxyl groups excluding tert-OH is 1. The van der Waals surface area contributed by atoms with Gasteiger partial charge in [-0.25, -0.2) is 9.18 Å². The quantitative estimate of drug-likeness (QED) is 0.485. The lowest BCUT2D eigenvalue weighted by atomic mass is 10.00. The molecule has 180 valence electrons. The van der Waals surface area contributed by atoms with Gasteiger partial charge in [0.1, 0.15) is 17.1 Å². The van der Waals surface area contributed by atoms with E-state index in [1.807, 2.05) is 13.8 Å². The monoisotopic (exact) mass is 479 g/mol. The van der Waals surface area contributed by atoms with Crippen molar-refractivity contribution in [1.82, 2.24) is 4.57 Å². The highest BCUT2D eigenvalue weighted by Crippen LogP contribution is 2.29. The van der Waals surface area contributed by atoms with E-state index in [-0.39, 0.29) is 30.0 Å². The maximum absolute atomic E-state index is 14.3. The Morgan fingerprint density at radius 3 is 2.36 bits per heavy atom. The largest absolute Gasteiger partial charge is 0.496 e. The van der Waals surface area contributed by atoms with Gasteiger partial charge in [0, 0.05) is 30.6 Å². The number of pyridine rings is 1. The van der Waals surface area contributed by atoms with E-state index in [1.54, 1.807) is 18.2 Å². The maximum atomic E-state index is 14.3. The first-order valence-electron chi connectivity index (χ1n) is 10.8. The molecular weight excluding hydrogens is 449 g/mol. The minimum atomic E-state index is -1.36. The number of carbonyl (C=O) groups is 1. The molecule has 0 amide bonds. The normalized spacial score (nSPS) is 10.1. The van der Waals surface area contributed by atoms with Gasteiger partial charge < -0.3 is 19.5 Å². The van der Waals surface area contributed by atoms with E-state index < -0.39 is 22.8 Å². The molecule has 0 aliphatic rings. The van der Waals surface area contributed by atoms with Crippen LogP contribution in [0.5, 0.6) is 5.75 Å². The highest BCUT2D eigenvalue weighted by molar-refractivity contribution is 6.30. The van der Waals surface area contributed by atoms with Crippen molar-refractivity contribution in [3.63, 3.8) is 0 Å². The summed E-state index contributed by atoms with van der Waals surface area (Å²) in [5, 5.41) is 18.7. The number of fused-ring (bicyclic) bond motifs is 1. The van der Waals surface area contributed by atoms with E-state index in [9.17, 15) is 24.2 Å². The Kier molecular flexibility index (Phi) is 11.6. The number of methoxy groups -OCH3 is 1. The molecule has 33 heavy (non-hydrogen) atoms.